The summed E-state index contributed by atoms with van der Waals surface area (Å²) in [4.78, 5) is 11.1. The van der Waals surface area contributed by atoms with Gasteiger partial charge in [-0.3, -0.25) is 0 Å². The number of alkyl halides is 3. The van der Waals surface area contributed by atoms with E-state index in [9.17, 15) is 18.0 Å². The summed E-state index contributed by atoms with van der Waals surface area (Å²) in [7, 11) is 2.77. The largest absolute Gasteiger partial charge is 0.496 e. The van der Waals surface area contributed by atoms with Crippen LogP contribution in [0, 0.1) is 10.8 Å². The molecule has 0 radical (unpaired) electrons. The third kappa shape index (κ3) is 7.25. The van der Waals surface area contributed by atoms with Crippen molar-refractivity contribution in [2.24, 2.45) is 0 Å². The smallest absolute Gasteiger partial charge is 0.416 e. The standard InChI is InChI=1S/C12H13NO3.C9H8F3N/c1-15-11(7-12(14)16-2)10-6-4-3-5-9(10)8-13;1-6(13)7-3-2-4-8(5-7)9(10,11)12/h3-8,13H,1-2H3;2-5,13H,1H3/b11-7+,13-8?;. The second kappa shape index (κ2) is 10.8. The summed E-state index contributed by atoms with van der Waals surface area (Å²) < 4.78 is 46.1. The van der Waals surface area contributed by atoms with Gasteiger partial charge in [0.25, 0.3) is 0 Å². The molecule has 0 aliphatic rings. The molecule has 29 heavy (non-hydrogen) atoms. The summed E-state index contributed by atoms with van der Waals surface area (Å²) in [5, 5.41) is 14.4. The number of esters is 1. The fourth-order valence-corrected chi connectivity index (χ4v) is 2.19. The number of benzene rings is 2. The van der Waals surface area contributed by atoms with Gasteiger partial charge in [0, 0.05) is 23.1 Å². The first kappa shape index (κ1) is 23.6. The molecule has 0 unspecified atom stereocenters. The molecular weight excluding hydrogens is 385 g/mol. The van der Waals surface area contributed by atoms with Crippen molar-refractivity contribution in [3.05, 3.63) is 76.9 Å². The molecule has 2 aromatic rings. The summed E-state index contributed by atoms with van der Waals surface area (Å²) in [6, 6.07) is 11.9. The number of hydrogen-bond acceptors (Lipinski definition) is 5. The van der Waals surface area contributed by atoms with Gasteiger partial charge >= 0.3 is 12.1 Å². The van der Waals surface area contributed by atoms with Crippen molar-refractivity contribution in [3.63, 3.8) is 0 Å². The van der Waals surface area contributed by atoms with E-state index in [1.54, 1.807) is 12.1 Å². The van der Waals surface area contributed by atoms with Crippen LogP contribution < -0.4 is 0 Å². The van der Waals surface area contributed by atoms with Crippen molar-refractivity contribution < 1.29 is 27.4 Å². The molecule has 0 heterocycles. The van der Waals surface area contributed by atoms with Gasteiger partial charge < -0.3 is 20.3 Å². The normalized spacial score (nSPS) is 11.0. The van der Waals surface area contributed by atoms with E-state index in [-0.39, 0.29) is 5.71 Å². The number of ether oxygens (including phenoxy) is 2. The number of nitrogens with one attached hydrogen (secondary N) is 2. The summed E-state index contributed by atoms with van der Waals surface area (Å²) >= 11 is 0. The molecule has 0 atom stereocenters. The SMILES string of the molecule is CC(=N)c1cccc(C(F)(F)F)c1.COC(=O)/C=C(/OC)c1ccccc1C=N. The molecule has 0 bridgehead atoms. The van der Waals surface area contributed by atoms with Crippen LogP contribution in [-0.2, 0) is 20.4 Å². The Labute approximate surface area is 166 Å². The fraction of sp³-hybridized carbons (Fsp3) is 0.190. The molecule has 5 nitrogen and oxygen atoms in total. The van der Waals surface area contributed by atoms with Crippen molar-refractivity contribution in [3.8, 4) is 0 Å². The molecule has 0 aromatic heterocycles. The molecule has 8 heteroatoms. The molecule has 0 saturated carbocycles. The Morgan fingerprint density at radius 2 is 1.69 bits per heavy atom. The van der Waals surface area contributed by atoms with Gasteiger partial charge in [-0.05, 0) is 24.6 Å². The van der Waals surface area contributed by atoms with Crippen LogP contribution in [0.25, 0.3) is 5.76 Å². The van der Waals surface area contributed by atoms with Gasteiger partial charge in [-0.1, -0.05) is 36.4 Å². The highest BCUT2D eigenvalue weighted by Crippen LogP contribution is 2.29. The Hall–Kier alpha value is -3.42. The van der Waals surface area contributed by atoms with E-state index in [1.807, 2.05) is 12.1 Å². The molecule has 0 aliphatic heterocycles. The highest BCUT2D eigenvalue weighted by Gasteiger charge is 2.30. The number of carbonyl (C=O) groups is 1. The quantitative estimate of drug-likeness (QED) is 0.319. The lowest BCUT2D eigenvalue weighted by molar-refractivity contribution is -0.137. The van der Waals surface area contributed by atoms with Gasteiger partial charge in [0.2, 0.25) is 0 Å². The van der Waals surface area contributed by atoms with Crippen LogP contribution in [0.5, 0.6) is 0 Å². The zero-order chi connectivity index (χ0) is 22.0. The van der Waals surface area contributed by atoms with E-state index in [1.165, 1.54) is 45.6 Å². The molecule has 2 rings (SSSR count). The zero-order valence-corrected chi connectivity index (χ0v) is 16.1. The number of rotatable bonds is 5. The predicted molar refractivity (Wildman–Crippen MR) is 105 cm³/mol. The Balaban J connectivity index is 0.000000296. The highest BCUT2D eigenvalue weighted by atomic mass is 19.4. The van der Waals surface area contributed by atoms with E-state index in [0.717, 1.165) is 12.1 Å². The Morgan fingerprint density at radius 1 is 1.03 bits per heavy atom. The Bertz CT molecular complexity index is 906. The minimum Gasteiger partial charge on any atom is -0.496 e. The van der Waals surface area contributed by atoms with Crippen LogP contribution >= 0.6 is 0 Å². The van der Waals surface area contributed by atoms with Gasteiger partial charge in [0.15, 0.2) is 0 Å². The first-order valence-electron chi connectivity index (χ1n) is 8.30. The molecular formula is C21H21F3N2O3. The van der Waals surface area contributed by atoms with Crippen LogP contribution in [0.15, 0.2) is 54.6 Å². The van der Waals surface area contributed by atoms with Crippen LogP contribution in [0.1, 0.15) is 29.2 Å². The Morgan fingerprint density at radius 3 is 2.21 bits per heavy atom. The van der Waals surface area contributed by atoms with Gasteiger partial charge in [0.1, 0.15) is 5.76 Å². The average Bonchev–Trinajstić information content (AvgIpc) is 2.71. The molecule has 2 N–H and O–H groups in total. The molecule has 0 spiro atoms. The number of hydrogen-bond donors (Lipinski definition) is 2. The molecule has 2 aromatic carbocycles. The Kier molecular flexibility index (Phi) is 8.79. The maximum atomic E-state index is 12.2. The molecule has 0 amide bonds. The van der Waals surface area contributed by atoms with E-state index in [4.69, 9.17) is 15.6 Å². The summed E-state index contributed by atoms with van der Waals surface area (Å²) in [5.74, 6) is -0.109. The topological polar surface area (TPSA) is 83.2 Å². The van der Waals surface area contributed by atoms with Crippen molar-refractivity contribution in [1.29, 1.82) is 10.8 Å². The number of halogens is 3. The average molecular weight is 406 g/mol. The number of carbonyl (C=O) groups excluding carboxylic acids is 1. The van der Waals surface area contributed by atoms with E-state index < -0.39 is 17.7 Å². The lowest BCUT2D eigenvalue weighted by Crippen LogP contribution is -2.06. The van der Waals surface area contributed by atoms with Crippen molar-refractivity contribution >= 4 is 23.7 Å². The molecule has 154 valence electrons. The lowest BCUT2D eigenvalue weighted by Gasteiger charge is -2.08. The van der Waals surface area contributed by atoms with Crippen LogP contribution in [-0.4, -0.2) is 32.1 Å². The molecule has 0 fully saturated rings. The van der Waals surface area contributed by atoms with E-state index in [0.29, 0.717) is 22.4 Å². The maximum Gasteiger partial charge on any atom is 0.416 e. The van der Waals surface area contributed by atoms with Crippen molar-refractivity contribution in [2.45, 2.75) is 13.1 Å². The second-order valence-corrected chi connectivity index (χ2v) is 5.67. The third-order valence-electron chi connectivity index (χ3n) is 3.67. The van der Waals surface area contributed by atoms with Crippen molar-refractivity contribution in [2.75, 3.05) is 14.2 Å². The number of methoxy groups -OCH3 is 2. The van der Waals surface area contributed by atoms with Gasteiger partial charge in [0.05, 0.1) is 25.9 Å². The van der Waals surface area contributed by atoms with E-state index >= 15 is 0 Å². The third-order valence-corrected chi connectivity index (χ3v) is 3.67. The lowest BCUT2D eigenvalue weighted by atomic mass is 10.1. The maximum absolute atomic E-state index is 12.2. The van der Waals surface area contributed by atoms with E-state index in [2.05, 4.69) is 4.74 Å². The summed E-state index contributed by atoms with van der Waals surface area (Å²) in [5.41, 5.74) is 1.09. The van der Waals surface area contributed by atoms with Gasteiger partial charge in [-0.25, -0.2) is 4.79 Å². The second-order valence-electron chi connectivity index (χ2n) is 5.67. The highest BCUT2D eigenvalue weighted by molar-refractivity contribution is 5.96. The first-order chi connectivity index (χ1) is 13.6. The zero-order valence-electron chi connectivity index (χ0n) is 16.1. The van der Waals surface area contributed by atoms with Crippen molar-refractivity contribution in [1.82, 2.24) is 0 Å². The fourth-order valence-electron chi connectivity index (χ4n) is 2.19. The first-order valence-corrected chi connectivity index (χ1v) is 8.30. The van der Waals surface area contributed by atoms with Gasteiger partial charge in [-0.15, -0.1) is 0 Å². The minimum atomic E-state index is -4.33. The van der Waals surface area contributed by atoms with Crippen LogP contribution in [0.2, 0.25) is 0 Å². The summed E-state index contributed by atoms with van der Waals surface area (Å²) in [6.45, 7) is 1.45. The van der Waals surface area contributed by atoms with Crippen LogP contribution in [0.4, 0.5) is 13.2 Å². The predicted octanol–water partition coefficient (Wildman–Crippen LogP) is 4.94. The minimum absolute atomic E-state index is 0.131. The van der Waals surface area contributed by atoms with Crippen LogP contribution in [0.3, 0.4) is 0 Å². The molecule has 0 saturated heterocycles. The molecule has 0 aliphatic carbocycles. The van der Waals surface area contributed by atoms with Gasteiger partial charge in [-0.2, -0.15) is 13.2 Å². The summed E-state index contributed by atoms with van der Waals surface area (Å²) in [6.07, 6.45) is -1.87. The monoisotopic (exact) mass is 406 g/mol.